The van der Waals surface area contributed by atoms with Crippen molar-refractivity contribution in [2.75, 3.05) is 19.6 Å². The molecule has 82 valence electrons. The lowest BCUT2D eigenvalue weighted by Gasteiger charge is -2.38. The zero-order valence-electron chi connectivity index (χ0n) is 8.90. The van der Waals surface area contributed by atoms with Gasteiger partial charge in [0.05, 0.1) is 10.9 Å². The van der Waals surface area contributed by atoms with Gasteiger partial charge >= 0.3 is 0 Å². The maximum atomic E-state index is 12.1. The van der Waals surface area contributed by atoms with E-state index in [1.165, 1.54) is 11.3 Å². The van der Waals surface area contributed by atoms with E-state index in [0.717, 1.165) is 30.9 Å². The molecular weight excluding hydrogens is 208 g/mol. The molecule has 2 heterocycles. The van der Waals surface area contributed by atoms with Crippen LogP contribution in [0.4, 0.5) is 0 Å². The molecule has 0 atom stereocenters. The summed E-state index contributed by atoms with van der Waals surface area (Å²) in [5.74, 6) is 0.193. The monoisotopic (exact) mass is 224 g/mol. The van der Waals surface area contributed by atoms with Crippen molar-refractivity contribution >= 4 is 17.2 Å². The molecule has 0 unspecified atom stereocenters. The largest absolute Gasteiger partial charge is 0.332 e. The molecular formula is C11H16N2OS. The highest BCUT2D eigenvalue weighted by molar-refractivity contribution is 7.12. The molecule has 1 amide bonds. The Morgan fingerprint density at radius 1 is 1.67 bits per heavy atom. The van der Waals surface area contributed by atoms with E-state index in [2.05, 4.69) is 12.2 Å². The molecule has 1 fully saturated rings. The molecule has 1 aliphatic rings. The summed E-state index contributed by atoms with van der Waals surface area (Å²) in [5.41, 5.74) is 0. The molecule has 0 radical (unpaired) electrons. The second-order valence-corrected chi connectivity index (χ2v) is 4.74. The Morgan fingerprint density at radius 2 is 2.47 bits per heavy atom. The van der Waals surface area contributed by atoms with E-state index < -0.39 is 0 Å². The van der Waals surface area contributed by atoms with Gasteiger partial charge in [-0.15, -0.1) is 11.3 Å². The smallest absolute Gasteiger partial charge is 0.264 e. The van der Waals surface area contributed by atoms with E-state index in [4.69, 9.17) is 0 Å². The van der Waals surface area contributed by atoms with Crippen LogP contribution in [-0.4, -0.2) is 36.5 Å². The molecule has 1 aromatic heterocycles. The molecule has 1 saturated heterocycles. The molecule has 4 heteroatoms. The fourth-order valence-corrected chi connectivity index (χ4v) is 2.41. The predicted molar refractivity (Wildman–Crippen MR) is 62.3 cm³/mol. The lowest BCUT2D eigenvalue weighted by atomic mass is 10.1. The zero-order valence-corrected chi connectivity index (χ0v) is 9.72. The highest BCUT2D eigenvalue weighted by atomic mass is 32.1. The van der Waals surface area contributed by atoms with Crippen LogP contribution in [0.15, 0.2) is 17.5 Å². The van der Waals surface area contributed by atoms with Crippen LogP contribution >= 0.6 is 11.3 Å². The third-order valence-corrected chi connectivity index (χ3v) is 3.52. The van der Waals surface area contributed by atoms with E-state index >= 15 is 0 Å². The van der Waals surface area contributed by atoms with Gasteiger partial charge in [-0.25, -0.2) is 0 Å². The molecule has 0 aromatic carbocycles. The number of hydrogen-bond acceptors (Lipinski definition) is 3. The minimum atomic E-state index is 0.193. The number of amides is 1. The molecule has 0 spiro atoms. The Hall–Kier alpha value is -0.870. The minimum absolute atomic E-state index is 0.193. The van der Waals surface area contributed by atoms with Crippen molar-refractivity contribution in [2.45, 2.75) is 19.4 Å². The number of nitrogens with zero attached hydrogens (tertiary/aromatic N) is 1. The molecule has 1 N–H and O–H groups in total. The van der Waals surface area contributed by atoms with Crippen molar-refractivity contribution in [3.63, 3.8) is 0 Å². The van der Waals surface area contributed by atoms with Crippen molar-refractivity contribution in [3.05, 3.63) is 22.4 Å². The summed E-state index contributed by atoms with van der Waals surface area (Å²) < 4.78 is 0. The zero-order chi connectivity index (χ0) is 10.7. The Morgan fingerprint density at radius 3 is 2.93 bits per heavy atom. The second kappa shape index (κ2) is 4.77. The normalized spacial score (nSPS) is 16.1. The maximum Gasteiger partial charge on any atom is 0.264 e. The summed E-state index contributed by atoms with van der Waals surface area (Å²) in [6.45, 7) is 4.86. The number of hydrogen-bond donors (Lipinski definition) is 1. The molecule has 1 aliphatic heterocycles. The molecule has 3 nitrogen and oxygen atoms in total. The van der Waals surface area contributed by atoms with Gasteiger partial charge in [0.2, 0.25) is 0 Å². The molecule has 2 rings (SSSR count). The first kappa shape index (κ1) is 10.6. The van der Waals surface area contributed by atoms with Gasteiger partial charge in [-0.1, -0.05) is 13.0 Å². The summed E-state index contributed by atoms with van der Waals surface area (Å²) in [5, 5.41) is 5.16. The average molecular weight is 224 g/mol. The third kappa shape index (κ3) is 2.21. The Balaban J connectivity index is 2.06. The molecule has 1 aromatic rings. The van der Waals surface area contributed by atoms with Crippen LogP contribution in [0.2, 0.25) is 0 Å². The average Bonchev–Trinajstić information content (AvgIpc) is 2.66. The van der Waals surface area contributed by atoms with Gasteiger partial charge in [0.25, 0.3) is 5.91 Å². The van der Waals surface area contributed by atoms with Crippen LogP contribution in [0.3, 0.4) is 0 Å². The van der Waals surface area contributed by atoms with E-state index in [0.29, 0.717) is 6.04 Å². The van der Waals surface area contributed by atoms with Gasteiger partial charge in [-0.3, -0.25) is 4.79 Å². The van der Waals surface area contributed by atoms with E-state index in [1.807, 2.05) is 22.4 Å². The standard InChI is InChI=1S/C11H16N2OS/c1-2-5-13(9-7-12-8-9)11(14)10-4-3-6-15-10/h3-4,6,9,12H,2,5,7-8H2,1H3. The SMILES string of the molecule is CCCN(C(=O)c1cccs1)C1CNC1. The number of carbonyl (C=O) groups is 1. The van der Waals surface area contributed by atoms with E-state index in [1.54, 1.807) is 0 Å². The van der Waals surface area contributed by atoms with Gasteiger partial charge in [-0.2, -0.15) is 0 Å². The molecule has 0 saturated carbocycles. The lowest BCUT2D eigenvalue weighted by Crippen LogP contribution is -2.58. The van der Waals surface area contributed by atoms with Crippen molar-refractivity contribution in [2.24, 2.45) is 0 Å². The summed E-state index contributed by atoms with van der Waals surface area (Å²) in [7, 11) is 0. The van der Waals surface area contributed by atoms with Crippen LogP contribution in [-0.2, 0) is 0 Å². The van der Waals surface area contributed by atoms with Crippen LogP contribution < -0.4 is 5.32 Å². The highest BCUT2D eigenvalue weighted by Gasteiger charge is 2.28. The van der Waals surface area contributed by atoms with Gasteiger partial charge in [0, 0.05) is 19.6 Å². The van der Waals surface area contributed by atoms with Gasteiger partial charge in [-0.05, 0) is 17.9 Å². The first-order valence-corrected chi connectivity index (χ1v) is 6.26. The second-order valence-electron chi connectivity index (χ2n) is 3.79. The predicted octanol–water partition coefficient (Wildman–Crippen LogP) is 1.57. The quantitative estimate of drug-likeness (QED) is 0.842. The van der Waals surface area contributed by atoms with Crippen molar-refractivity contribution in [1.82, 2.24) is 10.2 Å². The fraction of sp³-hybridized carbons (Fsp3) is 0.545. The fourth-order valence-electron chi connectivity index (χ4n) is 1.73. The van der Waals surface area contributed by atoms with E-state index in [9.17, 15) is 4.79 Å². The maximum absolute atomic E-state index is 12.1. The van der Waals surface area contributed by atoms with Crippen LogP contribution in [0.25, 0.3) is 0 Å². The lowest BCUT2D eigenvalue weighted by molar-refractivity contribution is 0.0621. The number of thiophene rings is 1. The first-order chi connectivity index (χ1) is 7.33. The summed E-state index contributed by atoms with van der Waals surface area (Å²) in [6, 6.07) is 4.24. The van der Waals surface area contributed by atoms with Gasteiger partial charge in [0.1, 0.15) is 0 Å². The third-order valence-electron chi connectivity index (χ3n) is 2.66. The number of carbonyl (C=O) groups excluding carboxylic acids is 1. The molecule has 0 aliphatic carbocycles. The van der Waals surface area contributed by atoms with Crippen LogP contribution in [0, 0.1) is 0 Å². The van der Waals surface area contributed by atoms with E-state index in [-0.39, 0.29) is 5.91 Å². The minimum Gasteiger partial charge on any atom is -0.332 e. The number of nitrogens with one attached hydrogen (secondary N) is 1. The molecule has 15 heavy (non-hydrogen) atoms. The van der Waals surface area contributed by atoms with Crippen LogP contribution in [0.5, 0.6) is 0 Å². The summed E-state index contributed by atoms with van der Waals surface area (Å²) in [4.78, 5) is 15.0. The van der Waals surface area contributed by atoms with Crippen molar-refractivity contribution in [1.29, 1.82) is 0 Å². The first-order valence-electron chi connectivity index (χ1n) is 5.38. The summed E-state index contributed by atoms with van der Waals surface area (Å²) in [6.07, 6.45) is 1.02. The van der Waals surface area contributed by atoms with Crippen molar-refractivity contribution < 1.29 is 4.79 Å². The Labute approximate surface area is 94.1 Å². The van der Waals surface area contributed by atoms with Crippen LogP contribution in [0.1, 0.15) is 23.0 Å². The number of rotatable bonds is 4. The molecule has 0 bridgehead atoms. The Kier molecular flexibility index (Phi) is 3.38. The topological polar surface area (TPSA) is 32.3 Å². The van der Waals surface area contributed by atoms with Gasteiger partial charge in [0.15, 0.2) is 0 Å². The highest BCUT2D eigenvalue weighted by Crippen LogP contribution is 2.16. The summed E-state index contributed by atoms with van der Waals surface area (Å²) >= 11 is 1.53. The Bertz CT molecular complexity index is 319. The van der Waals surface area contributed by atoms with Crippen molar-refractivity contribution in [3.8, 4) is 0 Å². The van der Waals surface area contributed by atoms with Gasteiger partial charge < -0.3 is 10.2 Å².